The van der Waals surface area contributed by atoms with Crippen molar-refractivity contribution < 1.29 is 14.3 Å². The number of rotatable bonds is 6. The zero-order chi connectivity index (χ0) is 23.2. The molecule has 3 amide bonds. The van der Waals surface area contributed by atoms with Gasteiger partial charge in [-0.25, -0.2) is 4.79 Å². The number of hydrogen-bond donors (Lipinski definition) is 1. The number of likely N-dealkylation sites (tertiary alicyclic amines) is 1. The molecule has 0 radical (unpaired) electrons. The van der Waals surface area contributed by atoms with Gasteiger partial charge < -0.3 is 24.8 Å². The first-order chi connectivity index (χ1) is 16.0. The maximum absolute atomic E-state index is 13.3. The Morgan fingerprint density at radius 3 is 2.52 bits per heavy atom. The number of carbonyl (C=O) groups excluding carboxylic acids is 2. The van der Waals surface area contributed by atoms with Gasteiger partial charge in [0.1, 0.15) is 11.9 Å². The van der Waals surface area contributed by atoms with Crippen LogP contribution < -0.4 is 15.0 Å². The molecule has 3 heterocycles. The fourth-order valence-corrected chi connectivity index (χ4v) is 4.93. The van der Waals surface area contributed by atoms with E-state index in [-0.39, 0.29) is 24.0 Å². The molecule has 0 aromatic heterocycles. The number of carbonyl (C=O) groups is 2. The lowest BCUT2D eigenvalue weighted by molar-refractivity contribution is -0.126. The molecule has 2 saturated heterocycles. The van der Waals surface area contributed by atoms with Crippen LogP contribution in [-0.4, -0.2) is 98.7 Å². The van der Waals surface area contributed by atoms with Crippen molar-refractivity contribution in [3.8, 4) is 5.75 Å². The summed E-state index contributed by atoms with van der Waals surface area (Å²) < 4.78 is 6.02. The predicted octanol–water partition coefficient (Wildman–Crippen LogP) is 2.25. The van der Waals surface area contributed by atoms with Crippen LogP contribution in [0.25, 0.3) is 0 Å². The molecule has 1 aromatic carbocycles. The minimum Gasteiger partial charge on any atom is -0.486 e. The van der Waals surface area contributed by atoms with Gasteiger partial charge in [0.05, 0.1) is 12.2 Å². The number of urea groups is 1. The number of para-hydroxylation sites is 2. The summed E-state index contributed by atoms with van der Waals surface area (Å²) in [5, 5.41) is 3.13. The third-order valence-electron chi connectivity index (χ3n) is 7.20. The highest BCUT2D eigenvalue weighted by molar-refractivity contribution is 5.94. The van der Waals surface area contributed by atoms with E-state index in [1.165, 1.54) is 0 Å². The number of anilines is 1. The van der Waals surface area contributed by atoms with E-state index in [0.29, 0.717) is 19.6 Å². The van der Waals surface area contributed by atoms with Crippen molar-refractivity contribution in [2.45, 2.75) is 38.7 Å². The van der Waals surface area contributed by atoms with Gasteiger partial charge in [0, 0.05) is 51.7 Å². The Labute approximate surface area is 197 Å². The lowest BCUT2D eigenvalue weighted by atomic mass is 9.96. The van der Waals surface area contributed by atoms with Gasteiger partial charge in [0.25, 0.3) is 0 Å². The van der Waals surface area contributed by atoms with Crippen LogP contribution in [-0.2, 0) is 4.79 Å². The molecule has 0 bridgehead atoms. The number of fused-ring (bicyclic) bond motifs is 1. The lowest BCUT2D eigenvalue weighted by Gasteiger charge is -2.39. The van der Waals surface area contributed by atoms with Crippen LogP contribution in [0.2, 0.25) is 0 Å². The zero-order valence-corrected chi connectivity index (χ0v) is 20.2. The number of amides is 3. The summed E-state index contributed by atoms with van der Waals surface area (Å²) in [6, 6.07) is 7.78. The van der Waals surface area contributed by atoms with E-state index >= 15 is 0 Å². The van der Waals surface area contributed by atoms with Gasteiger partial charge in [-0.2, -0.15) is 0 Å². The summed E-state index contributed by atoms with van der Waals surface area (Å²) in [6.07, 6.45) is 3.30. The largest absolute Gasteiger partial charge is 0.486 e. The summed E-state index contributed by atoms with van der Waals surface area (Å²) in [7, 11) is 2.16. The van der Waals surface area contributed by atoms with Gasteiger partial charge in [-0.05, 0) is 51.4 Å². The third kappa shape index (κ3) is 5.98. The second-order valence-corrected chi connectivity index (χ2v) is 9.56. The van der Waals surface area contributed by atoms with E-state index in [1.54, 1.807) is 0 Å². The molecule has 1 atom stereocenters. The summed E-state index contributed by atoms with van der Waals surface area (Å²) in [4.78, 5) is 34.6. The number of ether oxygens (including phenoxy) is 1. The van der Waals surface area contributed by atoms with Crippen molar-refractivity contribution in [1.82, 2.24) is 20.0 Å². The van der Waals surface area contributed by atoms with Crippen molar-refractivity contribution in [1.29, 1.82) is 0 Å². The van der Waals surface area contributed by atoms with Crippen molar-refractivity contribution in [2.75, 3.05) is 70.9 Å². The van der Waals surface area contributed by atoms with Crippen LogP contribution in [0.4, 0.5) is 10.5 Å². The third-order valence-corrected chi connectivity index (χ3v) is 7.20. The van der Waals surface area contributed by atoms with Crippen LogP contribution >= 0.6 is 0 Å². The van der Waals surface area contributed by atoms with Gasteiger partial charge in [0.2, 0.25) is 5.91 Å². The van der Waals surface area contributed by atoms with Crippen molar-refractivity contribution in [3.63, 3.8) is 0 Å². The molecule has 8 nitrogen and oxygen atoms in total. The van der Waals surface area contributed by atoms with E-state index in [0.717, 1.165) is 76.4 Å². The summed E-state index contributed by atoms with van der Waals surface area (Å²) in [6.45, 7) is 10.1. The molecule has 1 N–H and O–H groups in total. The first-order valence-electron chi connectivity index (χ1n) is 12.6. The van der Waals surface area contributed by atoms with Crippen LogP contribution in [0.3, 0.4) is 0 Å². The van der Waals surface area contributed by atoms with Crippen LogP contribution in [0.15, 0.2) is 24.3 Å². The summed E-state index contributed by atoms with van der Waals surface area (Å²) >= 11 is 0. The average Bonchev–Trinajstić information content (AvgIpc) is 2.86. The fraction of sp³-hybridized carbons (Fsp3) is 0.680. The minimum atomic E-state index is -0.00180. The van der Waals surface area contributed by atoms with Gasteiger partial charge in [-0.15, -0.1) is 0 Å². The van der Waals surface area contributed by atoms with E-state index in [2.05, 4.69) is 29.1 Å². The maximum Gasteiger partial charge on any atom is 0.324 e. The monoisotopic (exact) mass is 457 g/mol. The normalized spacial score (nSPS) is 22.5. The Hall–Kier alpha value is -2.32. The molecule has 182 valence electrons. The van der Waals surface area contributed by atoms with E-state index in [9.17, 15) is 9.59 Å². The van der Waals surface area contributed by atoms with Crippen molar-refractivity contribution in [3.05, 3.63) is 24.3 Å². The molecule has 0 aliphatic carbocycles. The molecule has 0 saturated carbocycles. The van der Waals surface area contributed by atoms with Crippen LogP contribution in [0.1, 0.15) is 32.6 Å². The van der Waals surface area contributed by atoms with E-state index < -0.39 is 0 Å². The molecular formula is C25H39N5O3. The minimum absolute atomic E-state index is 0.00180. The van der Waals surface area contributed by atoms with Gasteiger partial charge in [-0.3, -0.25) is 9.69 Å². The number of piperazine rings is 1. The highest BCUT2D eigenvalue weighted by atomic mass is 16.5. The maximum atomic E-state index is 13.3. The van der Waals surface area contributed by atoms with Gasteiger partial charge >= 0.3 is 6.03 Å². The number of nitrogens with zero attached hydrogens (tertiary/aromatic N) is 4. The molecule has 3 aliphatic heterocycles. The number of hydrogen-bond acceptors (Lipinski definition) is 5. The Balaban J connectivity index is 1.21. The molecule has 3 aliphatic rings. The quantitative estimate of drug-likeness (QED) is 0.664. The van der Waals surface area contributed by atoms with Crippen molar-refractivity contribution in [2.24, 2.45) is 5.92 Å². The summed E-state index contributed by atoms with van der Waals surface area (Å²) in [5.41, 5.74) is 0.840. The highest BCUT2D eigenvalue weighted by Gasteiger charge is 2.34. The molecule has 8 heteroatoms. The second-order valence-electron chi connectivity index (χ2n) is 9.56. The highest BCUT2D eigenvalue weighted by Crippen LogP contribution is 2.35. The molecule has 33 heavy (non-hydrogen) atoms. The van der Waals surface area contributed by atoms with Crippen molar-refractivity contribution >= 4 is 17.6 Å². The SMILES string of the molecule is CCC1CN(C(=O)N2CCC(C(=O)NCCCN3CCN(C)CC3)CC2)c2ccccc2O1. The molecular weight excluding hydrogens is 418 g/mol. The fourth-order valence-electron chi connectivity index (χ4n) is 4.93. The Morgan fingerprint density at radius 1 is 1.06 bits per heavy atom. The Kier molecular flexibility index (Phi) is 8.09. The molecule has 0 spiro atoms. The standard InChI is InChI=1S/C25H39N5O3/c1-3-21-19-30(22-7-4-5-8-23(22)33-21)25(32)29-13-9-20(10-14-29)24(31)26-11-6-12-28-17-15-27(2)16-18-28/h4-5,7-8,20-21H,3,6,9-19H2,1-2H3,(H,26,31). The van der Waals surface area contributed by atoms with Crippen LogP contribution in [0.5, 0.6) is 5.75 Å². The number of piperidine rings is 1. The zero-order valence-electron chi connectivity index (χ0n) is 20.2. The van der Waals surface area contributed by atoms with E-state index in [4.69, 9.17) is 4.74 Å². The van der Waals surface area contributed by atoms with Gasteiger partial charge in [0.15, 0.2) is 0 Å². The molecule has 4 rings (SSSR count). The average molecular weight is 458 g/mol. The smallest absolute Gasteiger partial charge is 0.324 e. The van der Waals surface area contributed by atoms with E-state index in [1.807, 2.05) is 34.1 Å². The number of benzene rings is 1. The number of nitrogens with one attached hydrogen (secondary N) is 1. The molecule has 2 fully saturated rings. The molecule has 1 aromatic rings. The van der Waals surface area contributed by atoms with Gasteiger partial charge in [-0.1, -0.05) is 19.1 Å². The molecule has 1 unspecified atom stereocenters. The predicted molar refractivity (Wildman–Crippen MR) is 130 cm³/mol. The lowest BCUT2D eigenvalue weighted by Crippen LogP contribution is -2.52. The first kappa shape index (κ1) is 23.8. The Morgan fingerprint density at radius 2 is 1.79 bits per heavy atom. The first-order valence-corrected chi connectivity index (χ1v) is 12.6. The number of likely N-dealkylation sites (N-methyl/N-ethyl adjacent to an activating group) is 1. The Bertz CT molecular complexity index is 803. The second kappa shape index (κ2) is 11.2. The summed E-state index contributed by atoms with van der Waals surface area (Å²) in [5.74, 6) is 0.913. The van der Waals surface area contributed by atoms with Crippen LogP contribution in [0, 0.1) is 5.92 Å². The topological polar surface area (TPSA) is 68.4 Å².